The summed E-state index contributed by atoms with van der Waals surface area (Å²) in [6.07, 6.45) is 8.09. The van der Waals surface area contributed by atoms with Gasteiger partial charge in [-0.3, -0.25) is 4.68 Å². The van der Waals surface area contributed by atoms with Crippen molar-refractivity contribution in [2.45, 2.75) is 51.2 Å². The van der Waals surface area contributed by atoms with E-state index < -0.39 is 0 Å². The van der Waals surface area contributed by atoms with Crippen molar-refractivity contribution in [3.05, 3.63) is 12.4 Å². The molecule has 2 aliphatic rings. The molecule has 1 aliphatic heterocycles. The minimum absolute atomic E-state index is 0.264. The lowest BCUT2D eigenvalue weighted by Crippen LogP contribution is -2.64. The van der Waals surface area contributed by atoms with Crippen molar-refractivity contribution < 1.29 is 4.74 Å². The van der Waals surface area contributed by atoms with Crippen LogP contribution in [0.4, 0.5) is 5.69 Å². The van der Waals surface area contributed by atoms with Crippen molar-refractivity contribution in [1.82, 2.24) is 15.1 Å². The van der Waals surface area contributed by atoms with Crippen LogP contribution in [0.5, 0.6) is 0 Å². The fourth-order valence-electron chi connectivity index (χ4n) is 3.47. The molecule has 2 atom stereocenters. The maximum absolute atomic E-state index is 5.13. The van der Waals surface area contributed by atoms with Crippen LogP contribution in [0.25, 0.3) is 0 Å². The van der Waals surface area contributed by atoms with Crippen LogP contribution in [0.2, 0.25) is 0 Å². The molecule has 0 amide bonds. The molecule has 2 heterocycles. The highest BCUT2D eigenvalue weighted by atomic mass is 16.5. The zero-order valence-electron chi connectivity index (χ0n) is 13.5. The number of methoxy groups -OCH3 is 1. The van der Waals surface area contributed by atoms with Crippen molar-refractivity contribution >= 4 is 5.69 Å². The van der Waals surface area contributed by atoms with E-state index in [0.29, 0.717) is 12.6 Å². The third-order valence-electron chi connectivity index (χ3n) is 5.11. The minimum Gasteiger partial charge on any atom is -0.383 e. The summed E-state index contributed by atoms with van der Waals surface area (Å²) in [5.74, 6) is 0.848. The highest BCUT2D eigenvalue weighted by molar-refractivity contribution is 5.45. The predicted molar refractivity (Wildman–Crippen MR) is 84.7 cm³/mol. The average molecular weight is 292 g/mol. The Kier molecular flexibility index (Phi) is 4.22. The molecule has 3 rings (SSSR count). The molecule has 5 heteroatoms. The predicted octanol–water partition coefficient (Wildman–Crippen LogP) is 1.89. The number of ether oxygens (including phenoxy) is 1. The molecule has 1 saturated heterocycles. The van der Waals surface area contributed by atoms with Gasteiger partial charge >= 0.3 is 0 Å². The van der Waals surface area contributed by atoms with Crippen molar-refractivity contribution in [2.24, 2.45) is 5.92 Å². The molecule has 0 radical (unpaired) electrons. The summed E-state index contributed by atoms with van der Waals surface area (Å²) in [6.45, 7) is 8.35. The van der Waals surface area contributed by atoms with E-state index in [2.05, 4.69) is 35.4 Å². The zero-order valence-corrected chi connectivity index (χ0v) is 13.5. The zero-order chi connectivity index (χ0) is 14.9. The minimum atomic E-state index is 0.264. The van der Waals surface area contributed by atoms with Gasteiger partial charge in [-0.2, -0.15) is 5.10 Å². The maximum atomic E-state index is 5.13. The molecule has 0 bridgehead atoms. The lowest BCUT2D eigenvalue weighted by molar-refractivity contribution is 0.183. The summed E-state index contributed by atoms with van der Waals surface area (Å²) in [6, 6.07) is 0.567. The summed E-state index contributed by atoms with van der Waals surface area (Å²) in [5.41, 5.74) is 1.52. The number of nitrogens with one attached hydrogen (secondary N) is 1. The first kappa shape index (κ1) is 14.9. The van der Waals surface area contributed by atoms with E-state index >= 15 is 0 Å². The van der Waals surface area contributed by atoms with Crippen LogP contribution in [0.15, 0.2) is 12.4 Å². The largest absolute Gasteiger partial charge is 0.383 e. The van der Waals surface area contributed by atoms with Gasteiger partial charge in [-0.15, -0.1) is 0 Å². The molecule has 2 fully saturated rings. The van der Waals surface area contributed by atoms with Gasteiger partial charge in [0.2, 0.25) is 0 Å². The first-order chi connectivity index (χ1) is 10.2. The molecule has 1 saturated carbocycles. The fourth-order valence-corrected chi connectivity index (χ4v) is 3.47. The molecule has 1 N–H and O–H groups in total. The van der Waals surface area contributed by atoms with Crippen LogP contribution in [-0.4, -0.2) is 48.2 Å². The monoisotopic (exact) mass is 292 g/mol. The van der Waals surface area contributed by atoms with Crippen molar-refractivity contribution in [1.29, 1.82) is 0 Å². The SMILES string of the molecule is CCC1CNC(C)(C2CC2)CN1c1cnn(CCOC)c1. The van der Waals surface area contributed by atoms with Gasteiger partial charge in [0.15, 0.2) is 0 Å². The number of piperazine rings is 1. The smallest absolute Gasteiger partial charge is 0.0756 e. The van der Waals surface area contributed by atoms with Crippen LogP contribution in [0, 0.1) is 5.92 Å². The third kappa shape index (κ3) is 3.09. The lowest BCUT2D eigenvalue weighted by atomic mass is 9.90. The highest BCUT2D eigenvalue weighted by Crippen LogP contribution is 2.42. The van der Waals surface area contributed by atoms with Crippen LogP contribution in [0.3, 0.4) is 0 Å². The molecular weight excluding hydrogens is 264 g/mol. The number of hydrogen-bond acceptors (Lipinski definition) is 4. The Hall–Kier alpha value is -1.07. The van der Waals surface area contributed by atoms with Gasteiger partial charge in [0.05, 0.1) is 25.0 Å². The van der Waals surface area contributed by atoms with Gasteiger partial charge < -0.3 is 15.0 Å². The summed E-state index contributed by atoms with van der Waals surface area (Å²) >= 11 is 0. The van der Waals surface area contributed by atoms with E-state index in [0.717, 1.165) is 32.0 Å². The Balaban J connectivity index is 1.74. The Morgan fingerprint density at radius 3 is 2.95 bits per heavy atom. The Bertz CT molecular complexity index is 471. The van der Waals surface area contributed by atoms with Crippen LogP contribution >= 0.6 is 0 Å². The second-order valence-electron chi connectivity index (χ2n) is 6.72. The Morgan fingerprint density at radius 1 is 1.48 bits per heavy atom. The van der Waals surface area contributed by atoms with Gasteiger partial charge in [0.25, 0.3) is 0 Å². The molecule has 0 spiro atoms. The van der Waals surface area contributed by atoms with Crippen molar-refractivity contribution in [2.75, 3.05) is 31.7 Å². The van der Waals surface area contributed by atoms with Crippen LogP contribution in [0.1, 0.15) is 33.1 Å². The lowest BCUT2D eigenvalue weighted by Gasteiger charge is -2.47. The summed E-state index contributed by atoms with van der Waals surface area (Å²) in [4.78, 5) is 2.56. The summed E-state index contributed by atoms with van der Waals surface area (Å²) in [5, 5.41) is 8.29. The van der Waals surface area contributed by atoms with Gasteiger partial charge in [0, 0.05) is 38.0 Å². The standard InChI is InChI=1S/C16H28N4O/c1-4-14-9-17-16(2,13-5-6-13)12-20(14)15-10-18-19(11-15)7-8-21-3/h10-11,13-14,17H,4-9,12H2,1-3H3. The topological polar surface area (TPSA) is 42.3 Å². The van der Waals surface area contributed by atoms with E-state index in [1.54, 1.807) is 7.11 Å². The van der Waals surface area contributed by atoms with E-state index in [-0.39, 0.29) is 5.54 Å². The molecule has 1 aromatic heterocycles. The van der Waals surface area contributed by atoms with E-state index in [1.165, 1.54) is 18.5 Å². The Morgan fingerprint density at radius 2 is 2.29 bits per heavy atom. The molecule has 118 valence electrons. The number of aromatic nitrogens is 2. The van der Waals surface area contributed by atoms with Gasteiger partial charge in [-0.1, -0.05) is 6.92 Å². The molecule has 5 nitrogen and oxygen atoms in total. The van der Waals surface area contributed by atoms with Crippen molar-refractivity contribution in [3.63, 3.8) is 0 Å². The fraction of sp³-hybridized carbons (Fsp3) is 0.812. The van der Waals surface area contributed by atoms with Crippen molar-refractivity contribution in [3.8, 4) is 0 Å². The molecule has 1 aromatic rings. The van der Waals surface area contributed by atoms with Gasteiger partial charge in [0.1, 0.15) is 0 Å². The summed E-state index contributed by atoms with van der Waals surface area (Å²) < 4.78 is 7.12. The van der Waals surface area contributed by atoms with Crippen LogP contribution < -0.4 is 10.2 Å². The van der Waals surface area contributed by atoms with E-state index in [9.17, 15) is 0 Å². The third-order valence-corrected chi connectivity index (χ3v) is 5.11. The number of nitrogens with zero attached hydrogens (tertiary/aromatic N) is 3. The maximum Gasteiger partial charge on any atom is 0.0756 e. The van der Waals surface area contributed by atoms with Gasteiger partial charge in [-0.25, -0.2) is 0 Å². The second kappa shape index (κ2) is 5.97. The second-order valence-corrected chi connectivity index (χ2v) is 6.72. The van der Waals surface area contributed by atoms with E-state index in [1.807, 2.05) is 10.9 Å². The summed E-state index contributed by atoms with van der Waals surface area (Å²) in [7, 11) is 1.73. The van der Waals surface area contributed by atoms with Gasteiger partial charge in [-0.05, 0) is 32.1 Å². The van der Waals surface area contributed by atoms with E-state index in [4.69, 9.17) is 4.74 Å². The van der Waals surface area contributed by atoms with Crippen LogP contribution in [-0.2, 0) is 11.3 Å². The quantitative estimate of drug-likeness (QED) is 0.869. The Labute approximate surface area is 127 Å². The average Bonchev–Trinajstić information content (AvgIpc) is 3.25. The molecule has 2 unspecified atom stereocenters. The highest BCUT2D eigenvalue weighted by Gasteiger charge is 2.45. The first-order valence-corrected chi connectivity index (χ1v) is 8.19. The number of anilines is 1. The molecular formula is C16H28N4O. The molecule has 0 aromatic carbocycles. The number of rotatable bonds is 6. The normalized spacial score (nSPS) is 29.9. The first-order valence-electron chi connectivity index (χ1n) is 8.19. The molecule has 1 aliphatic carbocycles. The molecule has 21 heavy (non-hydrogen) atoms. The number of hydrogen-bond donors (Lipinski definition) is 1.